The molecule has 35 heavy (non-hydrogen) atoms. The number of benzene rings is 2. The highest BCUT2D eigenvalue weighted by atomic mass is 19.4. The lowest BCUT2D eigenvalue weighted by molar-refractivity contribution is -0.137. The molecule has 0 radical (unpaired) electrons. The van der Waals surface area contributed by atoms with Gasteiger partial charge < -0.3 is 26.9 Å². The van der Waals surface area contributed by atoms with Crippen LogP contribution in [-0.2, 0) is 11.0 Å². The fourth-order valence-corrected chi connectivity index (χ4v) is 3.81. The van der Waals surface area contributed by atoms with Gasteiger partial charge >= 0.3 is 12.1 Å². The highest BCUT2D eigenvalue weighted by molar-refractivity contribution is 6.06. The number of aromatic carboxylic acids is 1. The summed E-state index contributed by atoms with van der Waals surface area (Å²) in [6.07, 6.45) is -3.51. The molecular formula is C23H19F3N6O3. The number of nitrogen functional groups attached to an aromatic ring is 1. The molecule has 0 aliphatic carbocycles. The summed E-state index contributed by atoms with van der Waals surface area (Å²) >= 11 is 0. The molecule has 1 aliphatic rings. The summed E-state index contributed by atoms with van der Waals surface area (Å²) < 4.78 is 40.6. The number of alkyl halides is 3. The van der Waals surface area contributed by atoms with Crippen LogP contribution in [-0.4, -0.2) is 33.0 Å². The molecule has 0 bridgehead atoms. The maximum Gasteiger partial charge on any atom is 0.416 e. The Bertz CT molecular complexity index is 1380. The monoisotopic (exact) mass is 484 g/mol. The van der Waals surface area contributed by atoms with Crippen molar-refractivity contribution in [3.05, 3.63) is 82.2 Å². The normalized spacial score (nSPS) is 15.3. The SMILES string of the molecule is CC1=C(C(=O)Nc2ccc(N)c(C=N)c2)C(c2ccc(C(F)(F)F)cc2)n2nc(C(=O)O)cc2N1. The van der Waals surface area contributed by atoms with Gasteiger partial charge in [-0.15, -0.1) is 0 Å². The van der Waals surface area contributed by atoms with E-state index in [-0.39, 0.29) is 17.1 Å². The molecule has 1 amide bonds. The molecule has 0 saturated carbocycles. The average molecular weight is 484 g/mol. The molecule has 4 rings (SSSR count). The van der Waals surface area contributed by atoms with Gasteiger partial charge in [0.1, 0.15) is 11.9 Å². The van der Waals surface area contributed by atoms with Crippen LogP contribution in [0.2, 0.25) is 0 Å². The molecule has 0 fully saturated rings. The summed E-state index contributed by atoms with van der Waals surface area (Å²) in [5, 5.41) is 26.5. The van der Waals surface area contributed by atoms with Crippen LogP contribution in [0.5, 0.6) is 0 Å². The first-order valence-corrected chi connectivity index (χ1v) is 10.2. The maximum absolute atomic E-state index is 13.4. The molecule has 12 heteroatoms. The Morgan fingerprint density at radius 1 is 1.20 bits per heavy atom. The number of rotatable bonds is 5. The zero-order valence-electron chi connectivity index (χ0n) is 18.1. The minimum atomic E-state index is -4.55. The zero-order valence-corrected chi connectivity index (χ0v) is 18.1. The van der Waals surface area contributed by atoms with Crippen molar-refractivity contribution in [2.45, 2.75) is 19.1 Å². The number of hydrogen-bond donors (Lipinski definition) is 5. The lowest BCUT2D eigenvalue weighted by Gasteiger charge is -2.30. The van der Waals surface area contributed by atoms with Crippen LogP contribution >= 0.6 is 0 Å². The molecule has 1 aromatic heterocycles. The second-order valence-electron chi connectivity index (χ2n) is 7.79. The summed E-state index contributed by atoms with van der Waals surface area (Å²) in [5.41, 5.74) is 6.47. The molecule has 0 spiro atoms. The van der Waals surface area contributed by atoms with E-state index in [4.69, 9.17) is 11.1 Å². The molecule has 2 aromatic carbocycles. The van der Waals surface area contributed by atoms with E-state index in [1.54, 1.807) is 13.0 Å². The lowest BCUT2D eigenvalue weighted by atomic mass is 9.94. The second kappa shape index (κ2) is 8.63. The first-order valence-electron chi connectivity index (χ1n) is 10.2. The smallest absolute Gasteiger partial charge is 0.416 e. The Labute approximate surface area is 196 Å². The fraction of sp³-hybridized carbons (Fsp3) is 0.130. The van der Waals surface area contributed by atoms with Crippen LogP contribution in [0, 0.1) is 5.41 Å². The van der Waals surface area contributed by atoms with Crippen molar-refractivity contribution in [2.24, 2.45) is 0 Å². The number of aromatic nitrogens is 2. The zero-order chi connectivity index (χ0) is 25.5. The van der Waals surface area contributed by atoms with Gasteiger partial charge in [0.25, 0.3) is 5.91 Å². The third-order valence-corrected chi connectivity index (χ3v) is 5.49. The molecule has 1 atom stereocenters. The van der Waals surface area contributed by atoms with E-state index >= 15 is 0 Å². The number of nitrogens with two attached hydrogens (primary N) is 1. The van der Waals surface area contributed by atoms with Gasteiger partial charge in [-0.25, -0.2) is 9.48 Å². The van der Waals surface area contributed by atoms with E-state index in [0.29, 0.717) is 28.2 Å². The van der Waals surface area contributed by atoms with Crippen LogP contribution in [0.4, 0.5) is 30.4 Å². The van der Waals surface area contributed by atoms with Gasteiger partial charge in [0.2, 0.25) is 0 Å². The summed E-state index contributed by atoms with van der Waals surface area (Å²) in [6, 6.07) is 9.05. The Balaban J connectivity index is 1.79. The standard InChI is InChI=1S/C23H19F3N6O3/c1-11-19(21(33)30-15-6-7-16(28)13(8-15)10-27)20(12-2-4-14(5-3-12)23(24,25)26)32-18(29-11)9-17(31-32)22(34)35/h2-10,20,27,29H,28H2,1H3,(H,30,33)(H,34,35). The molecule has 1 aliphatic heterocycles. The summed E-state index contributed by atoms with van der Waals surface area (Å²) in [7, 11) is 0. The summed E-state index contributed by atoms with van der Waals surface area (Å²) in [4.78, 5) is 24.9. The van der Waals surface area contributed by atoms with Crippen molar-refractivity contribution in [3.8, 4) is 0 Å². The van der Waals surface area contributed by atoms with Crippen LogP contribution < -0.4 is 16.4 Å². The van der Waals surface area contributed by atoms with E-state index in [2.05, 4.69) is 15.7 Å². The quantitative estimate of drug-likeness (QED) is 0.272. The van der Waals surface area contributed by atoms with Crippen LogP contribution in [0.25, 0.3) is 0 Å². The van der Waals surface area contributed by atoms with E-state index in [0.717, 1.165) is 18.3 Å². The number of amides is 1. The van der Waals surface area contributed by atoms with Crippen molar-refractivity contribution < 1.29 is 27.9 Å². The van der Waals surface area contributed by atoms with E-state index in [1.165, 1.54) is 35.0 Å². The summed E-state index contributed by atoms with van der Waals surface area (Å²) in [5.74, 6) is -1.64. The predicted octanol–water partition coefficient (Wildman–Crippen LogP) is 4.11. The number of allylic oxidation sites excluding steroid dienone is 1. The predicted molar refractivity (Wildman–Crippen MR) is 122 cm³/mol. The minimum Gasteiger partial charge on any atom is -0.476 e. The first kappa shape index (κ1) is 23.5. The van der Waals surface area contributed by atoms with Gasteiger partial charge in [0.15, 0.2) is 5.69 Å². The number of carboxylic acid groups (broad SMARTS) is 1. The molecule has 0 saturated heterocycles. The number of carboxylic acids is 1. The van der Waals surface area contributed by atoms with Gasteiger partial charge in [0.05, 0.1) is 11.1 Å². The number of halogens is 3. The average Bonchev–Trinajstić information content (AvgIpc) is 3.23. The van der Waals surface area contributed by atoms with Gasteiger partial charge in [-0.2, -0.15) is 18.3 Å². The number of anilines is 3. The van der Waals surface area contributed by atoms with Crippen molar-refractivity contribution in [2.75, 3.05) is 16.4 Å². The van der Waals surface area contributed by atoms with Crippen LogP contribution in [0.3, 0.4) is 0 Å². The van der Waals surface area contributed by atoms with Gasteiger partial charge in [-0.3, -0.25) is 4.79 Å². The number of carbonyl (C=O) groups is 2. The van der Waals surface area contributed by atoms with E-state index in [9.17, 15) is 27.9 Å². The number of hydrogen-bond acceptors (Lipinski definition) is 6. The first-order chi connectivity index (χ1) is 16.5. The van der Waals surface area contributed by atoms with E-state index < -0.39 is 29.7 Å². The van der Waals surface area contributed by atoms with Gasteiger partial charge in [-0.05, 0) is 42.8 Å². The van der Waals surface area contributed by atoms with Crippen molar-refractivity contribution in [3.63, 3.8) is 0 Å². The molecule has 2 heterocycles. The van der Waals surface area contributed by atoms with Crippen LogP contribution in [0.1, 0.15) is 40.1 Å². The Kier molecular flexibility index (Phi) is 5.81. The minimum absolute atomic E-state index is 0.116. The summed E-state index contributed by atoms with van der Waals surface area (Å²) in [6.45, 7) is 1.59. The molecule has 9 nitrogen and oxygen atoms in total. The highest BCUT2D eigenvalue weighted by Gasteiger charge is 2.35. The fourth-order valence-electron chi connectivity index (χ4n) is 3.81. The third-order valence-electron chi connectivity index (χ3n) is 5.49. The third kappa shape index (κ3) is 4.45. The highest BCUT2D eigenvalue weighted by Crippen LogP contribution is 2.38. The van der Waals surface area contributed by atoms with Crippen molar-refractivity contribution >= 4 is 35.3 Å². The number of nitrogens with zero attached hydrogens (tertiary/aromatic N) is 2. The lowest BCUT2D eigenvalue weighted by Crippen LogP contribution is -2.31. The van der Waals surface area contributed by atoms with Crippen molar-refractivity contribution in [1.29, 1.82) is 5.41 Å². The molecular weight excluding hydrogens is 465 g/mol. The number of fused-ring (bicyclic) bond motifs is 1. The van der Waals surface area contributed by atoms with Crippen LogP contribution in [0.15, 0.2) is 59.8 Å². The maximum atomic E-state index is 13.4. The largest absolute Gasteiger partial charge is 0.476 e. The Morgan fingerprint density at radius 2 is 1.89 bits per heavy atom. The molecule has 180 valence electrons. The van der Waals surface area contributed by atoms with E-state index in [1.807, 2.05) is 0 Å². The van der Waals surface area contributed by atoms with Crippen molar-refractivity contribution in [1.82, 2.24) is 9.78 Å². The Hall–Kier alpha value is -4.61. The number of carbonyl (C=O) groups excluding carboxylic acids is 1. The molecule has 1 unspecified atom stereocenters. The van der Waals surface area contributed by atoms with Gasteiger partial charge in [-0.1, -0.05) is 12.1 Å². The molecule has 3 aromatic rings. The molecule has 6 N–H and O–H groups in total. The van der Waals surface area contributed by atoms with Gasteiger partial charge in [0, 0.05) is 34.9 Å². The second-order valence-corrected chi connectivity index (χ2v) is 7.79. The number of nitrogens with one attached hydrogen (secondary N) is 3. The Morgan fingerprint density at radius 3 is 2.49 bits per heavy atom. The topological polar surface area (TPSA) is 146 Å².